The quantitative estimate of drug-likeness (QED) is 0.836. The first-order valence-corrected chi connectivity index (χ1v) is 6.81. The minimum absolute atomic E-state index is 0.315. The summed E-state index contributed by atoms with van der Waals surface area (Å²) in [5.41, 5.74) is 0.646. The normalized spacial score (nSPS) is 15.0. The van der Waals surface area contributed by atoms with Crippen LogP contribution < -0.4 is 0 Å². The van der Waals surface area contributed by atoms with Gasteiger partial charge in [-0.25, -0.2) is 4.39 Å². The minimum Gasteiger partial charge on any atom is -0.388 e. The van der Waals surface area contributed by atoms with Crippen LogP contribution in [0.2, 0.25) is 0 Å². The Bertz CT molecular complexity index is 345. The molecule has 0 spiro atoms. The van der Waals surface area contributed by atoms with Gasteiger partial charge in [0.25, 0.3) is 0 Å². The van der Waals surface area contributed by atoms with E-state index in [9.17, 15) is 9.50 Å². The van der Waals surface area contributed by atoms with Crippen molar-refractivity contribution in [2.75, 3.05) is 0 Å². The Labute approximate surface area is 111 Å². The lowest BCUT2D eigenvalue weighted by atomic mass is 9.91. The first-order chi connectivity index (χ1) is 7.88. The molecule has 2 atom stereocenters. The molecule has 1 aromatic carbocycles. The van der Waals surface area contributed by atoms with Gasteiger partial charge in [0.05, 0.1) is 6.10 Å². The molecule has 0 heterocycles. The van der Waals surface area contributed by atoms with E-state index in [1.165, 1.54) is 12.1 Å². The predicted octanol–water partition coefficient (Wildman–Crippen LogP) is 4.69. The SMILES string of the molecule is CC(C)CC(C)CC(O)c1cc(F)cc(Br)c1. The summed E-state index contributed by atoms with van der Waals surface area (Å²) in [5.74, 6) is 0.744. The summed E-state index contributed by atoms with van der Waals surface area (Å²) in [6.07, 6.45) is 1.16. The minimum atomic E-state index is -0.587. The van der Waals surface area contributed by atoms with E-state index in [1.807, 2.05) is 0 Å². The maximum absolute atomic E-state index is 13.2. The standard InChI is InChI=1S/C14H20BrFO/c1-9(2)4-10(3)5-14(17)11-6-12(15)8-13(16)7-11/h6-10,14,17H,4-5H2,1-3H3. The molecule has 0 saturated carbocycles. The molecule has 0 aliphatic carbocycles. The Morgan fingerprint density at radius 1 is 1.18 bits per heavy atom. The van der Waals surface area contributed by atoms with Crippen molar-refractivity contribution in [2.24, 2.45) is 11.8 Å². The largest absolute Gasteiger partial charge is 0.388 e. The van der Waals surface area contributed by atoms with E-state index < -0.39 is 6.10 Å². The van der Waals surface area contributed by atoms with Crippen LogP contribution in [0.1, 0.15) is 45.3 Å². The van der Waals surface area contributed by atoms with Crippen molar-refractivity contribution in [2.45, 2.75) is 39.7 Å². The summed E-state index contributed by atoms with van der Waals surface area (Å²) in [6.45, 7) is 6.46. The number of hydrogen-bond donors (Lipinski definition) is 1. The van der Waals surface area contributed by atoms with Crippen LogP contribution in [0.4, 0.5) is 4.39 Å². The van der Waals surface area contributed by atoms with Crippen molar-refractivity contribution in [3.63, 3.8) is 0 Å². The Kier molecular flexibility index (Phi) is 5.60. The molecule has 1 nitrogen and oxygen atoms in total. The number of aliphatic hydroxyl groups is 1. The molecule has 3 heteroatoms. The number of halogens is 2. The molecule has 0 aromatic heterocycles. The van der Waals surface area contributed by atoms with Crippen molar-refractivity contribution in [1.29, 1.82) is 0 Å². The fourth-order valence-corrected chi connectivity index (χ4v) is 2.67. The first kappa shape index (κ1) is 14.7. The zero-order valence-corrected chi connectivity index (χ0v) is 12.2. The molecule has 1 N–H and O–H groups in total. The van der Waals surface area contributed by atoms with E-state index in [2.05, 4.69) is 36.7 Å². The second-order valence-electron chi connectivity index (χ2n) is 5.19. The summed E-state index contributed by atoms with van der Waals surface area (Å²) < 4.78 is 13.9. The average Bonchev–Trinajstić information content (AvgIpc) is 2.14. The lowest BCUT2D eigenvalue weighted by molar-refractivity contribution is 0.141. The van der Waals surface area contributed by atoms with Crippen molar-refractivity contribution in [1.82, 2.24) is 0 Å². The van der Waals surface area contributed by atoms with E-state index in [-0.39, 0.29) is 5.82 Å². The third kappa shape index (κ3) is 5.17. The van der Waals surface area contributed by atoms with Gasteiger partial charge >= 0.3 is 0 Å². The maximum Gasteiger partial charge on any atom is 0.124 e. The molecule has 17 heavy (non-hydrogen) atoms. The summed E-state index contributed by atoms with van der Waals surface area (Å²) >= 11 is 3.24. The van der Waals surface area contributed by atoms with Crippen LogP contribution in [0.3, 0.4) is 0 Å². The van der Waals surface area contributed by atoms with Crippen LogP contribution in [-0.2, 0) is 0 Å². The molecule has 0 aliphatic rings. The maximum atomic E-state index is 13.2. The highest BCUT2D eigenvalue weighted by atomic mass is 79.9. The van der Waals surface area contributed by atoms with Gasteiger partial charge in [-0.05, 0) is 48.4 Å². The monoisotopic (exact) mass is 302 g/mol. The van der Waals surface area contributed by atoms with E-state index in [4.69, 9.17) is 0 Å². The summed E-state index contributed by atoms with van der Waals surface area (Å²) in [5, 5.41) is 10.1. The van der Waals surface area contributed by atoms with Gasteiger partial charge in [-0.2, -0.15) is 0 Å². The highest BCUT2D eigenvalue weighted by Gasteiger charge is 2.14. The van der Waals surface area contributed by atoms with Gasteiger partial charge in [-0.15, -0.1) is 0 Å². The summed E-state index contributed by atoms with van der Waals surface area (Å²) in [4.78, 5) is 0. The van der Waals surface area contributed by atoms with E-state index in [1.54, 1.807) is 6.07 Å². The zero-order chi connectivity index (χ0) is 13.0. The number of hydrogen-bond acceptors (Lipinski definition) is 1. The number of rotatable bonds is 5. The van der Waals surface area contributed by atoms with Gasteiger partial charge in [-0.3, -0.25) is 0 Å². The lowest BCUT2D eigenvalue weighted by Crippen LogP contribution is -2.07. The fourth-order valence-electron chi connectivity index (χ4n) is 2.19. The average molecular weight is 303 g/mol. The summed E-state index contributed by atoms with van der Waals surface area (Å²) in [6, 6.07) is 4.57. The van der Waals surface area contributed by atoms with E-state index >= 15 is 0 Å². The Morgan fingerprint density at radius 3 is 2.35 bits per heavy atom. The van der Waals surface area contributed by atoms with Crippen LogP contribution in [0.25, 0.3) is 0 Å². The van der Waals surface area contributed by atoms with Gasteiger partial charge in [0.2, 0.25) is 0 Å². The van der Waals surface area contributed by atoms with Crippen molar-refractivity contribution in [3.05, 3.63) is 34.1 Å². The smallest absolute Gasteiger partial charge is 0.124 e. The van der Waals surface area contributed by atoms with E-state index in [0.717, 1.165) is 6.42 Å². The predicted molar refractivity (Wildman–Crippen MR) is 72.3 cm³/mol. The van der Waals surface area contributed by atoms with Crippen molar-refractivity contribution >= 4 is 15.9 Å². The third-order valence-electron chi connectivity index (χ3n) is 2.77. The van der Waals surface area contributed by atoms with E-state index in [0.29, 0.717) is 28.3 Å². The third-order valence-corrected chi connectivity index (χ3v) is 3.23. The first-order valence-electron chi connectivity index (χ1n) is 6.02. The fraction of sp³-hybridized carbons (Fsp3) is 0.571. The summed E-state index contributed by atoms with van der Waals surface area (Å²) in [7, 11) is 0. The molecular weight excluding hydrogens is 283 g/mol. The Hall–Kier alpha value is -0.410. The highest BCUT2D eigenvalue weighted by Crippen LogP contribution is 2.27. The second-order valence-corrected chi connectivity index (χ2v) is 6.10. The molecule has 1 aromatic rings. The molecule has 0 saturated heterocycles. The lowest BCUT2D eigenvalue weighted by Gasteiger charge is -2.18. The second kappa shape index (κ2) is 6.50. The molecule has 2 unspecified atom stereocenters. The van der Waals surface area contributed by atoms with Crippen LogP contribution in [-0.4, -0.2) is 5.11 Å². The Morgan fingerprint density at radius 2 is 1.82 bits per heavy atom. The molecule has 1 rings (SSSR count). The zero-order valence-electron chi connectivity index (χ0n) is 10.6. The molecular formula is C14H20BrFO. The van der Waals surface area contributed by atoms with Crippen LogP contribution in [0.5, 0.6) is 0 Å². The molecule has 96 valence electrons. The van der Waals surface area contributed by atoms with Crippen LogP contribution in [0.15, 0.2) is 22.7 Å². The van der Waals surface area contributed by atoms with Crippen molar-refractivity contribution < 1.29 is 9.50 Å². The van der Waals surface area contributed by atoms with Gasteiger partial charge in [0.15, 0.2) is 0 Å². The van der Waals surface area contributed by atoms with Crippen LogP contribution in [0, 0.1) is 17.7 Å². The van der Waals surface area contributed by atoms with Gasteiger partial charge in [0, 0.05) is 4.47 Å². The molecule has 0 aliphatic heterocycles. The molecule has 0 bridgehead atoms. The van der Waals surface area contributed by atoms with Gasteiger partial charge in [0.1, 0.15) is 5.82 Å². The molecule has 0 amide bonds. The molecule has 0 radical (unpaired) electrons. The Balaban J connectivity index is 2.66. The van der Waals surface area contributed by atoms with Gasteiger partial charge in [-0.1, -0.05) is 36.7 Å². The van der Waals surface area contributed by atoms with Crippen LogP contribution >= 0.6 is 15.9 Å². The highest BCUT2D eigenvalue weighted by molar-refractivity contribution is 9.10. The number of aliphatic hydroxyl groups excluding tert-OH is 1. The molecule has 0 fully saturated rings. The topological polar surface area (TPSA) is 20.2 Å². The van der Waals surface area contributed by atoms with Gasteiger partial charge < -0.3 is 5.11 Å². The number of benzene rings is 1. The van der Waals surface area contributed by atoms with Crippen molar-refractivity contribution in [3.8, 4) is 0 Å².